The van der Waals surface area contributed by atoms with Crippen molar-refractivity contribution in [2.45, 2.75) is 63.1 Å². The van der Waals surface area contributed by atoms with Crippen LogP contribution in [0.1, 0.15) is 62.2 Å². The maximum atomic E-state index is 13.1. The summed E-state index contributed by atoms with van der Waals surface area (Å²) >= 11 is 1.40. The van der Waals surface area contributed by atoms with Gasteiger partial charge in [0, 0.05) is 36.7 Å². The third kappa shape index (κ3) is 4.70. The van der Waals surface area contributed by atoms with Crippen LogP contribution in [0.15, 0.2) is 41.8 Å². The largest absolute Gasteiger partial charge is 0.349 e. The number of imidazole rings is 1. The predicted octanol–water partition coefficient (Wildman–Crippen LogP) is 4.88. The molecule has 4 saturated carbocycles. The SMILES string of the molecule is CC[C@H](NC(=O)c1ccc(NC(=O)CSc2nccn2C)cc1)C12CC3CC(CC(C3)C1)C2. The van der Waals surface area contributed by atoms with E-state index in [1.165, 1.54) is 50.3 Å². The van der Waals surface area contributed by atoms with E-state index >= 15 is 0 Å². The van der Waals surface area contributed by atoms with Gasteiger partial charge in [-0.2, -0.15) is 0 Å². The number of thioether (sulfide) groups is 1. The first-order valence-corrected chi connectivity index (χ1v) is 13.2. The van der Waals surface area contributed by atoms with Crippen molar-refractivity contribution in [3.05, 3.63) is 42.2 Å². The molecule has 0 saturated heterocycles. The molecule has 33 heavy (non-hydrogen) atoms. The molecule has 1 aromatic heterocycles. The Bertz CT molecular complexity index is 980. The highest BCUT2D eigenvalue weighted by Crippen LogP contribution is 2.61. The molecule has 6 nitrogen and oxygen atoms in total. The lowest BCUT2D eigenvalue weighted by molar-refractivity contribution is -0.113. The molecule has 6 rings (SSSR count). The topological polar surface area (TPSA) is 76.0 Å². The fourth-order valence-corrected chi connectivity index (χ4v) is 7.79. The summed E-state index contributed by atoms with van der Waals surface area (Å²) in [4.78, 5) is 29.6. The highest BCUT2D eigenvalue weighted by molar-refractivity contribution is 7.99. The fourth-order valence-electron chi connectivity index (χ4n) is 7.06. The van der Waals surface area contributed by atoms with Gasteiger partial charge >= 0.3 is 0 Å². The summed E-state index contributed by atoms with van der Waals surface area (Å²) in [6.45, 7) is 2.21. The molecule has 1 atom stereocenters. The number of benzene rings is 1. The average molecular weight is 467 g/mol. The third-order valence-electron chi connectivity index (χ3n) is 8.08. The van der Waals surface area contributed by atoms with E-state index in [9.17, 15) is 9.59 Å². The highest BCUT2D eigenvalue weighted by Gasteiger charge is 2.54. The zero-order valence-corrected chi connectivity index (χ0v) is 20.4. The molecule has 2 N–H and O–H groups in total. The van der Waals surface area contributed by atoms with Gasteiger partial charge in [-0.1, -0.05) is 18.7 Å². The fraction of sp³-hybridized carbons (Fsp3) is 0.577. The van der Waals surface area contributed by atoms with E-state index in [-0.39, 0.29) is 23.6 Å². The molecule has 176 valence electrons. The van der Waals surface area contributed by atoms with Gasteiger partial charge in [0.1, 0.15) is 0 Å². The summed E-state index contributed by atoms with van der Waals surface area (Å²) in [5.74, 6) is 2.83. The van der Waals surface area contributed by atoms with Crippen LogP contribution in [0.4, 0.5) is 5.69 Å². The van der Waals surface area contributed by atoms with Crippen LogP contribution >= 0.6 is 11.8 Å². The molecule has 4 fully saturated rings. The molecule has 1 aromatic carbocycles. The number of nitrogens with one attached hydrogen (secondary N) is 2. The standard InChI is InChI=1S/C26H34N4O2S/c1-3-22(26-13-17-10-18(14-26)12-19(11-17)15-26)29-24(32)20-4-6-21(7-5-20)28-23(31)16-33-25-27-8-9-30(25)2/h4-9,17-19,22H,3,10-16H2,1-2H3,(H,28,31)(H,29,32)/t17?,18?,19?,22-,26?/m0/s1. The van der Waals surface area contributed by atoms with Crippen molar-refractivity contribution in [2.75, 3.05) is 11.1 Å². The van der Waals surface area contributed by atoms with Crippen LogP contribution in [0.3, 0.4) is 0 Å². The van der Waals surface area contributed by atoms with Crippen LogP contribution in [-0.2, 0) is 11.8 Å². The molecule has 0 aliphatic heterocycles. The quantitative estimate of drug-likeness (QED) is 0.544. The van der Waals surface area contributed by atoms with E-state index < -0.39 is 0 Å². The minimum Gasteiger partial charge on any atom is -0.349 e. The maximum Gasteiger partial charge on any atom is 0.251 e. The van der Waals surface area contributed by atoms with Crippen molar-refractivity contribution in [1.29, 1.82) is 0 Å². The van der Waals surface area contributed by atoms with Crippen molar-refractivity contribution in [3.8, 4) is 0 Å². The summed E-state index contributed by atoms with van der Waals surface area (Å²) in [5.41, 5.74) is 1.65. The number of hydrogen-bond donors (Lipinski definition) is 2. The molecule has 0 spiro atoms. The van der Waals surface area contributed by atoms with Crippen molar-refractivity contribution in [2.24, 2.45) is 30.2 Å². The molecule has 4 bridgehead atoms. The van der Waals surface area contributed by atoms with Gasteiger partial charge in [0.05, 0.1) is 5.75 Å². The lowest BCUT2D eigenvalue weighted by atomic mass is 9.47. The van der Waals surface area contributed by atoms with Crippen LogP contribution in [0.2, 0.25) is 0 Å². The van der Waals surface area contributed by atoms with Gasteiger partial charge in [0.25, 0.3) is 5.91 Å². The minimum atomic E-state index is -0.0898. The molecular formula is C26H34N4O2S. The van der Waals surface area contributed by atoms with E-state index in [4.69, 9.17) is 0 Å². The van der Waals surface area contributed by atoms with Gasteiger partial charge in [-0.05, 0) is 92.4 Å². The van der Waals surface area contributed by atoms with Crippen LogP contribution in [0.5, 0.6) is 0 Å². The van der Waals surface area contributed by atoms with Gasteiger partial charge in [-0.15, -0.1) is 0 Å². The second kappa shape index (κ2) is 9.16. The van der Waals surface area contributed by atoms with E-state index in [1.807, 2.05) is 42.1 Å². The van der Waals surface area contributed by atoms with Gasteiger partial charge < -0.3 is 15.2 Å². The first-order chi connectivity index (χ1) is 15.9. The Hall–Kier alpha value is -2.28. The van der Waals surface area contributed by atoms with Crippen molar-refractivity contribution in [1.82, 2.24) is 14.9 Å². The van der Waals surface area contributed by atoms with Crippen molar-refractivity contribution < 1.29 is 9.59 Å². The molecular weight excluding hydrogens is 432 g/mol. The Balaban J connectivity index is 1.17. The summed E-state index contributed by atoms with van der Waals surface area (Å²) < 4.78 is 1.89. The van der Waals surface area contributed by atoms with Gasteiger partial charge in [-0.3, -0.25) is 9.59 Å². The first-order valence-electron chi connectivity index (χ1n) is 12.2. The van der Waals surface area contributed by atoms with Gasteiger partial charge in [0.2, 0.25) is 5.91 Å². The Morgan fingerprint density at radius 1 is 1.12 bits per heavy atom. The minimum absolute atomic E-state index is 0.000750. The van der Waals surface area contributed by atoms with Gasteiger partial charge in [0.15, 0.2) is 5.16 Å². The molecule has 2 amide bonds. The van der Waals surface area contributed by atoms with E-state index in [0.717, 1.165) is 29.3 Å². The number of carbonyl (C=O) groups is 2. The zero-order valence-electron chi connectivity index (χ0n) is 19.5. The predicted molar refractivity (Wildman–Crippen MR) is 131 cm³/mol. The van der Waals surface area contributed by atoms with Gasteiger partial charge in [-0.25, -0.2) is 4.98 Å². The average Bonchev–Trinajstić information content (AvgIpc) is 3.20. The molecule has 4 aliphatic carbocycles. The number of anilines is 1. The lowest BCUT2D eigenvalue weighted by Crippen LogP contribution is -2.56. The lowest BCUT2D eigenvalue weighted by Gasteiger charge is -2.59. The Kier molecular flexibility index (Phi) is 6.25. The highest BCUT2D eigenvalue weighted by atomic mass is 32.2. The molecule has 7 heteroatoms. The number of carbonyl (C=O) groups excluding carboxylic acids is 2. The second-order valence-electron chi connectivity index (χ2n) is 10.4. The summed E-state index contributed by atoms with van der Waals surface area (Å²) in [6, 6.07) is 7.49. The second-order valence-corrected chi connectivity index (χ2v) is 11.4. The number of amides is 2. The zero-order chi connectivity index (χ0) is 23.0. The molecule has 0 unspecified atom stereocenters. The summed E-state index contributed by atoms with van der Waals surface area (Å²) in [5, 5.41) is 7.11. The number of nitrogens with zero attached hydrogens (tertiary/aromatic N) is 2. The Labute approximate surface area is 200 Å². The first kappa shape index (κ1) is 22.5. The Morgan fingerprint density at radius 2 is 1.76 bits per heavy atom. The number of aryl methyl sites for hydroxylation is 1. The normalized spacial score (nSPS) is 28.5. The number of rotatable bonds is 8. The van der Waals surface area contributed by atoms with Crippen LogP contribution in [0.25, 0.3) is 0 Å². The van der Waals surface area contributed by atoms with E-state index in [2.05, 4.69) is 22.5 Å². The molecule has 0 radical (unpaired) electrons. The molecule has 2 aromatic rings. The third-order valence-corrected chi connectivity index (χ3v) is 9.14. The van der Waals surface area contributed by atoms with Crippen LogP contribution < -0.4 is 10.6 Å². The van der Waals surface area contributed by atoms with Crippen LogP contribution in [-0.4, -0.2) is 33.2 Å². The van der Waals surface area contributed by atoms with Crippen molar-refractivity contribution >= 4 is 29.3 Å². The van der Waals surface area contributed by atoms with Crippen molar-refractivity contribution in [3.63, 3.8) is 0 Å². The summed E-state index contributed by atoms with van der Waals surface area (Å²) in [6.07, 6.45) is 12.7. The monoisotopic (exact) mass is 466 g/mol. The maximum absolute atomic E-state index is 13.1. The van der Waals surface area contributed by atoms with Crippen LogP contribution in [0, 0.1) is 23.2 Å². The number of aromatic nitrogens is 2. The smallest absolute Gasteiger partial charge is 0.251 e. The Morgan fingerprint density at radius 3 is 2.30 bits per heavy atom. The molecule has 4 aliphatic rings. The van der Waals surface area contributed by atoms with E-state index in [0.29, 0.717) is 16.7 Å². The number of hydrogen-bond acceptors (Lipinski definition) is 4. The summed E-state index contributed by atoms with van der Waals surface area (Å²) in [7, 11) is 1.91. The van der Waals surface area contributed by atoms with E-state index in [1.54, 1.807) is 6.20 Å². The molecule has 1 heterocycles.